The number of rotatable bonds is 5. The Morgan fingerprint density at radius 2 is 1.82 bits per heavy atom. The van der Waals surface area contributed by atoms with Crippen LogP contribution in [0.4, 0.5) is 0 Å². The summed E-state index contributed by atoms with van der Waals surface area (Å²) in [5.41, 5.74) is 12.9. The maximum atomic E-state index is 11.5. The Bertz CT molecular complexity index is 1670. The van der Waals surface area contributed by atoms with Crippen molar-refractivity contribution in [3.8, 4) is 16.8 Å². The van der Waals surface area contributed by atoms with Crippen molar-refractivity contribution < 1.29 is 4.79 Å². The van der Waals surface area contributed by atoms with Crippen LogP contribution in [0.3, 0.4) is 0 Å². The number of carbonyl (C=O) groups is 1. The van der Waals surface area contributed by atoms with Gasteiger partial charge in [0.05, 0.1) is 5.69 Å². The molecule has 0 radical (unpaired) electrons. The standard InChI is InChI=1S/C27H22N6O/c1-17-12-24(26(28)34)31-33(17)23-6-7-25-20(14-23)9-11-32(25)16-18-2-4-19(5-3-18)22-13-21-8-10-29-27(21)30-15-22/h2-15H,16H2,1H3,(H2,28,34)(H,29,30). The average Bonchev–Trinajstić information content (AvgIpc) is 3.57. The highest BCUT2D eigenvalue weighted by Gasteiger charge is 2.12. The smallest absolute Gasteiger partial charge is 0.269 e. The van der Waals surface area contributed by atoms with E-state index in [1.165, 1.54) is 5.56 Å². The van der Waals surface area contributed by atoms with Gasteiger partial charge >= 0.3 is 0 Å². The minimum Gasteiger partial charge on any atom is -0.364 e. The van der Waals surface area contributed by atoms with Gasteiger partial charge in [0.1, 0.15) is 5.65 Å². The molecule has 0 unspecified atom stereocenters. The molecule has 0 bridgehead atoms. The summed E-state index contributed by atoms with van der Waals surface area (Å²) in [4.78, 5) is 19.1. The van der Waals surface area contributed by atoms with Gasteiger partial charge in [0.25, 0.3) is 5.91 Å². The third kappa shape index (κ3) is 3.44. The lowest BCUT2D eigenvalue weighted by Gasteiger charge is -2.09. The molecule has 0 fully saturated rings. The van der Waals surface area contributed by atoms with E-state index in [-0.39, 0.29) is 5.69 Å². The lowest BCUT2D eigenvalue weighted by atomic mass is 10.0. The molecule has 1 amide bonds. The summed E-state index contributed by atoms with van der Waals surface area (Å²) >= 11 is 0. The summed E-state index contributed by atoms with van der Waals surface area (Å²) in [7, 11) is 0. The quantitative estimate of drug-likeness (QED) is 0.397. The molecule has 0 spiro atoms. The molecule has 0 aliphatic carbocycles. The van der Waals surface area contributed by atoms with Crippen LogP contribution in [0.1, 0.15) is 21.7 Å². The van der Waals surface area contributed by atoms with Crippen LogP contribution < -0.4 is 5.73 Å². The van der Waals surface area contributed by atoms with Gasteiger partial charge in [-0.1, -0.05) is 24.3 Å². The Morgan fingerprint density at radius 3 is 2.62 bits per heavy atom. The lowest BCUT2D eigenvalue weighted by molar-refractivity contribution is 0.0995. The van der Waals surface area contributed by atoms with Crippen LogP contribution in [0.5, 0.6) is 0 Å². The van der Waals surface area contributed by atoms with Crippen molar-refractivity contribution in [2.45, 2.75) is 13.5 Å². The zero-order chi connectivity index (χ0) is 23.2. The van der Waals surface area contributed by atoms with E-state index in [0.717, 1.165) is 51.0 Å². The predicted molar refractivity (Wildman–Crippen MR) is 133 cm³/mol. The molecule has 7 nitrogen and oxygen atoms in total. The topological polar surface area (TPSA) is 94.5 Å². The third-order valence-corrected chi connectivity index (χ3v) is 6.18. The van der Waals surface area contributed by atoms with Crippen LogP contribution in [-0.4, -0.2) is 30.2 Å². The zero-order valence-corrected chi connectivity index (χ0v) is 18.6. The largest absolute Gasteiger partial charge is 0.364 e. The fraction of sp³-hybridized carbons (Fsp3) is 0.0741. The Morgan fingerprint density at radius 1 is 0.971 bits per heavy atom. The monoisotopic (exact) mass is 446 g/mol. The number of aromatic nitrogens is 5. The number of hydrogen-bond donors (Lipinski definition) is 2. The Balaban J connectivity index is 1.26. The number of aryl methyl sites for hydroxylation is 1. The molecule has 166 valence electrons. The maximum absolute atomic E-state index is 11.5. The first-order chi connectivity index (χ1) is 16.5. The molecule has 0 aliphatic heterocycles. The number of hydrogen-bond acceptors (Lipinski definition) is 3. The van der Waals surface area contributed by atoms with Gasteiger partial charge in [-0.3, -0.25) is 4.79 Å². The second-order valence-corrected chi connectivity index (χ2v) is 8.47. The van der Waals surface area contributed by atoms with Crippen LogP contribution in [0.25, 0.3) is 38.8 Å². The van der Waals surface area contributed by atoms with Gasteiger partial charge in [-0.25, -0.2) is 9.67 Å². The molecular weight excluding hydrogens is 424 g/mol. The van der Waals surface area contributed by atoms with E-state index in [4.69, 9.17) is 5.73 Å². The summed E-state index contributed by atoms with van der Waals surface area (Å²) in [5, 5.41) is 6.55. The number of pyridine rings is 1. The zero-order valence-electron chi connectivity index (χ0n) is 18.6. The van der Waals surface area contributed by atoms with Crippen LogP contribution in [0.15, 0.2) is 85.3 Å². The first-order valence-corrected chi connectivity index (χ1v) is 11.0. The van der Waals surface area contributed by atoms with Gasteiger partial charge in [0.15, 0.2) is 5.69 Å². The number of H-pyrrole nitrogens is 1. The van der Waals surface area contributed by atoms with Crippen LogP contribution in [0.2, 0.25) is 0 Å². The van der Waals surface area contributed by atoms with Crippen molar-refractivity contribution in [3.05, 3.63) is 102 Å². The molecule has 7 heteroatoms. The number of nitrogens with two attached hydrogens (primary N) is 1. The van der Waals surface area contributed by atoms with Crippen LogP contribution >= 0.6 is 0 Å². The van der Waals surface area contributed by atoms with Crippen molar-refractivity contribution >= 4 is 27.8 Å². The van der Waals surface area contributed by atoms with Gasteiger partial charge in [0, 0.05) is 52.7 Å². The van der Waals surface area contributed by atoms with Gasteiger partial charge in [-0.2, -0.15) is 5.10 Å². The first kappa shape index (κ1) is 20.0. The van der Waals surface area contributed by atoms with Crippen molar-refractivity contribution in [2.75, 3.05) is 0 Å². The second kappa shape index (κ2) is 7.74. The molecule has 2 aromatic carbocycles. The Hall–Kier alpha value is -4.65. The molecule has 3 N–H and O–H groups in total. The highest BCUT2D eigenvalue weighted by molar-refractivity contribution is 5.91. The summed E-state index contributed by atoms with van der Waals surface area (Å²) < 4.78 is 3.97. The SMILES string of the molecule is Cc1cc(C(N)=O)nn1-c1ccc2c(ccn2Cc2ccc(-c3cnc4[nH]ccc4c3)cc2)c1. The van der Waals surface area contributed by atoms with Crippen molar-refractivity contribution in [3.63, 3.8) is 0 Å². The highest BCUT2D eigenvalue weighted by atomic mass is 16.1. The number of primary amides is 1. The minimum atomic E-state index is -0.526. The number of fused-ring (bicyclic) bond motifs is 2. The van der Waals surface area contributed by atoms with Gasteiger partial charge in [-0.15, -0.1) is 0 Å². The number of carbonyl (C=O) groups excluding carboxylic acids is 1. The van der Waals surface area contributed by atoms with Crippen LogP contribution in [0, 0.1) is 6.92 Å². The summed E-state index contributed by atoms with van der Waals surface area (Å²) in [5.74, 6) is -0.526. The lowest BCUT2D eigenvalue weighted by Crippen LogP contribution is -2.12. The van der Waals surface area contributed by atoms with Crippen molar-refractivity contribution in [2.24, 2.45) is 5.73 Å². The highest BCUT2D eigenvalue weighted by Crippen LogP contribution is 2.25. The minimum absolute atomic E-state index is 0.266. The van der Waals surface area contributed by atoms with Crippen molar-refractivity contribution in [1.82, 2.24) is 24.3 Å². The molecule has 4 heterocycles. The average molecular weight is 447 g/mol. The summed E-state index contributed by atoms with van der Waals surface area (Å²) in [6.45, 7) is 2.68. The van der Waals surface area contributed by atoms with Gasteiger partial charge in [-0.05, 0) is 60.5 Å². The second-order valence-electron chi connectivity index (χ2n) is 8.47. The van der Waals surface area contributed by atoms with Gasteiger partial charge < -0.3 is 15.3 Å². The van der Waals surface area contributed by atoms with Gasteiger partial charge in [0.2, 0.25) is 0 Å². The normalized spacial score (nSPS) is 11.4. The number of aromatic amines is 1. The van der Waals surface area contributed by atoms with Crippen molar-refractivity contribution in [1.29, 1.82) is 0 Å². The molecule has 0 saturated carbocycles. The maximum Gasteiger partial charge on any atom is 0.269 e. The number of nitrogens with zero attached hydrogens (tertiary/aromatic N) is 4. The fourth-order valence-electron chi connectivity index (χ4n) is 4.41. The first-order valence-electron chi connectivity index (χ1n) is 11.0. The summed E-state index contributed by atoms with van der Waals surface area (Å²) in [6.07, 6.45) is 5.90. The van der Waals surface area contributed by atoms with E-state index in [2.05, 4.69) is 74.4 Å². The van der Waals surface area contributed by atoms with E-state index in [1.807, 2.05) is 31.5 Å². The third-order valence-electron chi connectivity index (χ3n) is 6.18. The molecule has 0 aliphatic rings. The van der Waals surface area contributed by atoms with E-state index in [1.54, 1.807) is 10.7 Å². The predicted octanol–water partition coefficient (Wildman–Crippen LogP) is 4.83. The number of amides is 1. The Kier molecular flexibility index (Phi) is 4.55. The molecular formula is C27H22N6O. The van der Waals surface area contributed by atoms with E-state index in [0.29, 0.717) is 0 Å². The fourth-order valence-corrected chi connectivity index (χ4v) is 4.41. The summed E-state index contributed by atoms with van der Waals surface area (Å²) in [6, 6.07) is 22.8. The molecule has 0 atom stereocenters. The van der Waals surface area contributed by atoms with E-state index < -0.39 is 5.91 Å². The molecule has 6 rings (SSSR count). The van der Waals surface area contributed by atoms with E-state index in [9.17, 15) is 4.79 Å². The molecule has 0 saturated heterocycles. The van der Waals surface area contributed by atoms with E-state index >= 15 is 0 Å². The molecule has 6 aromatic rings. The number of benzene rings is 2. The molecule has 34 heavy (non-hydrogen) atoms. The number of nitrogens with one attached hydrogen (secondary N) is 1. The molecule has 4 aromatic heterocycles. The van der Waals surface area contributed by atoms with Crippen LogP contribution in [-0.2, 0) is 6.54 Å². The Labute approximate surface area is 195 Å².